The zero-order valence-electron chi connectivity index (χ0n) is 24.9. The van der Waals surface area contributed by atoms with E-state index in [0.717, 1.165) is 21.5 Å². The maximum absolute atomic E-state index is 12.1. The molecule has 2 aliphatic rings. The molecule has 0 aliphatic carbocycles. The predicted molar refractivity (Wildman–Crippen MR) is 172 cm³/mol. The second kappa shape index (κ2) is 15.1. The van der Waals surface area contributed by atoms with Crippen LogP contribution in [0.1, 0.15) is 54.5 Å². The number of nitrogens with zero attached hydrogens (tertiary/aromatic N) is 2. The van der Waals surface area contributed by atoms with E-state index in [-0.39, 0.29) is 31.1 Å². The average molecular weight is 644 g/mol. The molecule has 2 atom stereocenters. The molecule has 0 saturated heterocycles. The molecule has 0 unspecified atom stereocenters. The molecule has 0 spiro atoms. The van der Waals surface area contributed by atoms with Gasteiger partial charge in [-0.2, -0.15) is 0 Å². The fraction of sp³-hybridized carbons (Fsp3) is 0.455. The van der Waals surface area contributed by atoms with Crippen molar-refractivity contribution >= 4 is 39.1 Å². The minimum absolute atomic E-state index is 0. The molecule has 0 radical (unpaired) electrons. The van der Waals surface area contributed by atoms with Gasteiger partial charge in [-0.3, -0.25) is 9.59 Å². The Bertz CT molecular complexity index is 1360. The first-order valence-electron chi connectivity index (χ1n) is 13.1. The van der Waals surface area contributed by atoms with Crippen LogP contribution in [-0.4, -0.2) is 60.5 Å². The molecule has 4 rings (SSSR count). The highest BCUT2D eigenvalue weighted by Gasteiger charge is 2.27. The lowest BCUT2D eigenvalue weighted by Crippen LogP contribution is -2.31. The predicted octanol–water partition coefficient (Wildman–Crippen LogP) is 5.27. The molecule has 228 valence electrons. The Morgan fingerprint density at radius 1 is 0.857 bits per heavy atom. The smallest absolute Gasteiger partial charge is 0.233 e. The number of terminal acetylenes is 1. The maximum Gasteiger partial charge on any atom is 0.233 e. The number of fused-ring (bicyclic) bond motifs is 2. The Morgan fingerprint density at radius 3 is 1.71 bits per heavy atom. The summed E-state index contributed by atoms with van der Waals surface area (Å²) in [6.45, 7) is 10.9. The van der Waals surface area contributed by atoms with Crippen LogP contribution in [0, 0.1) is 36.0 Å². The molecule has 0 fully saturated rings. The van der Waals surface area contributed by atoms with Gasteiger partial charge < -0.3 is 29.5 Å². The average Bonchev–Trinajstić information content (AvgIpc) is 3.08. The zero-order valence-corrected chi connectivity index (χ0v) is 26.5. The van der Waals surface area contributed by atoms with Crippen LogP contribution in [0.3, 0.4) is 0 Å². The van der Waals surface area contributed by atoms with Crippen LogP contribution >= 0.6 is 15.9 Å². The quantitative estimate of drug-likeness (QED) is 0.380. The molecule has 2 N–H and O–H groups in total. The highest BCUT2D eigenvalue weighted by Crippen LogP contribution is 2.34. The van der Waals surface area contributed by atoms with Crippen molar-refractivity contribution in [1.29, 1.82) is 0 Å². The van der Waals surface area contributed by atoms with Gasteiger partial charge in [0.1, 0.15) is 22.7 Å². The summed E-state index contributed by atoms with van der Waals surface area (Å²) in [6.07, 6.45) is 4.81. The minimum atomic E-state index is -1.04. The summed E-state index contributed by atoms with van der Waals surface area (Å²) in [5.41, 5.74) is 0.295. The van der Waals surface area contributed by atoms with Gasteiger partial charge in [0.05, 0.1) is 36.4 Å². The van der Waals surface area contributed by atoms with Crippen LogP contribution in [-0.2, 0) is 9.59 Å². The summed E-state index contributed by atoms with van der Waals surface area (Å²) < 4.78 is 12.2. The number of anilines is 2. The largest absolute Gasteiger partial charge is 0.491 e. The number of rotatable bonds is 0. The molecular formula is C33H43BrN2O6. The molecule has 2 amide bonds. The minimum Gasteiger partial charge on any atom is -0.491 e. The molecule has 2 heterocycles. The van der Waals surface area contributed by atoms with Crippen molar-refractivity contribution in [2.45, 2.75) is 60.2 Å². The van der Waals surface area contributed by atoms with Gasteiger partial charge in [-0.1, -0.05) is 55.0 Å². The molecule has 2 aromatic carbocycles. The molecule has 8 nitrogen and oxygen atoms in total. The highest BCUT2D eigenvalue weighted by atomic mass is 79.9. The van der Waals surface area contributed by atoms with E-state index in [1.54, 1.807) is 51.6 Å². The van der Waals surface area contributed by atoms with Crippen molar-refractivity contribution in [3.05, 3.63) is 46.4 Å². The van der Waals surface area contributed by atoms with E-state index < -0.39 is 11.2 Å². The summed E-state index contributed by atoms with van der Waals surface area (Å²) in [7, 11) is 3.51. The summed E-state index contributed by atoms with van der Waals surface area (Å²) in [5, 5.41) is 18.2. The van der Waals surface area contributed by atoms with Crippen LogP contribution in [0.25, 0.3) is 0 Å². The van der Waals surface area contributed by atoms with Crippen LogP contribution in [0.2, 0.25) is 0 Å². The Labute approximate surface area is 259 Å². The first kappa shape index (κ1) is 36.5. The first-order valence-corrected chi connectivity index (χ1v) is 13.9. The normalized spacial score (nSPS) is 17.7. The van der Waals surface area contributed by atoms with E-state index in [4.69, 9.17) is 21.0 Å². The van der Waals surface area contributed by atoms with Gasteiger partial charge in [0.25, 0.3) is 0 Å². The number of benzene rings is 2. The van der Waals surface area contributed by atoms with E-state index in [1.807, 2.05) is 50.2 Å². The van der Waals surface area contributed by atoms with Crippen LogP contribution in [0.15, 0.2) is 40.9 Å². The molecular weight excluding hydrogens is 600 g/mol. The monoisotopic (exact) mass is 642 g/mol. The number of aliphatic hydroxyl groups is 2. The maximum atomic E-state index is 12.1. The number of halogens is 1. The topological polar surface area (TPSA) is 99.5 Å². The summed E-state index contributed by atoms with van der Waals surface area (Å²) in [5.74, 6) is 9.12. The van der Waals surface area contributed by atoms with Gasteiger partial charge in [0.2, 0.25) is 11.8 Å². The number of ether oxygens (including phenoxy) is 2. The summed E-state index contributed by atoms with van der Waals surface area (Å²) >= 11 is 3.38. The van der Waals surface area contributed by atoms with Gasteiger partial charge in [-0.15, -0.1) is 6.42 Å². The Kier molecular flexibility index (Phi) is 13.1. The van der Waals surface area contributed by atoms with Crippen molar-refractivity contribution in [2.24, 2.45) is 11.8 Å². The fourth-order valence-electron chi connectivity index (χ4n) is 3.55. The number of carbonyl (C=O) groups excluding carboxylic acids is 2. The van der Waals surface area contributed by atoms with Gasteiger partial charge in [0, 0.05) is 24.1 Å². The molecule has 0 bridgehead atoms. The van der Waals surface area contributed by atoms with Crippen LogP contribution in [0.4, 0.5) is 11.4 Å². The zero-order chi connectivity index (χ0) is 31.1. The van der Waals surface area contributed by atoms with Crippen molar-refractivity contribution in [3.63, 3.8) is 0 Å². The Balaban J connectivity index is 0.000000354. The molecule has 2 aliphatic heterocycles. The number of hydrogen-bond donors (Lipinski definition) is 2. The van der Waals surface area contributed by atoms with Crippen LogP contribution < -0.4 is 19.3 Å². The SMILES string of the molecule is C.C#CC(C)(C)O.C[C@H]1COc2ccc(Br)cc2N(C)C1=O.C[C@H]1COc2ccc(C#CC(C)(C)O)cc2N(C)C1=O. The number of carbonyl (C=O) groups is 2. The molecule has 2 aromatic rings. The molecule has 9 heteroatoms. The fourth-order valence-corrected chi connectivity index (χ4v) is 3.90. The third kappa shape index (κ3) is 10.7. The lowest BCUT2D eigenvalue weighted by Gasteiger charge is -2.17. The van der Waals surface area contributed by atoms with E-state index >= 15 is 0 Å². The molecule has 42 heavy (non-hydrogen) atoms. The van der Waals surface area contributed by atoms with E-state index in [0.29, 0.717) is 24.7 Å². The third-order valence-electron chi connectivity index (χ3n) is 5.95. The van der Waals surface area contributed by atoms with Gasteiger partial charge in [-0.25, -0.2) is 0 Å². The molecule has 0 saturated carbocycles. The number of hydrogen-bond acceptors (Lipinski definition) is 6. The highest BCUT2D eigenvalue weighted by molar-refractivity contribution is 9.10. The van der Waals surface area contributed by atoms with E-state index in [1.165, 1.54) is 0 Å². The lowest BCUT2D eigenvalue weighted by atomic mass is 10.1. The van der Waals surface area contributed by atoms with Crippen molar-refractivity contribution < 1.29 is 29.3 Å². The second-order valence-electron chi connectivity index (χ2n) is 11.0. The van der Waals surface area contributed by atoms with Crippen LogP contribution in [0.5, 0.6) is 11.5 Å². The molecule has 0 aromatic heterocycles. The van der Waals surface area contributed by atoms with E-state index in [9.17, 15) is 14.7 Å². The van der Waals surface area contributed by atoms with Gasteiger partial charge in [-0.05, 0) is 64.1 Å². The van der Waals surface area contributed by atoms with Crippen molar-refractivity contribution in [3.8, 4) is 35.7 Å². The van der Waals surface area contributed by atoms with Gasteiger partial charge in [0.15, 0.2) is 0 Å². The Morgan fingerprint density at radius 2 is 1.29 bits per heavy atom. The third-order valence-corrected chi connectivity index (χ3v) is 6.44. The first-order chi connectivity index (χ1) is 18.9. The van der Waals surface area contributed by atoms with Gasteiger partial charge >= 0.3 is 0 Å². The lowest BCUT2D eigenvalue weighted by molar-refractivity contribution is -0.122. The van der Waals surface area contributed by atoms with Crippen molar-refractivity contribution in [2.75, 3.05) is 37.1 Å². The number of amides is 2. The summed E-state index contributed by atoms with van der Waals surface area (Å²) in [6, 6.07) is 11.1. The van der Waals surface area contributed by atoms with Crippen molar-refractivity contribution in [1.82, 2.24) is 0 Å². The Hall–Kier alpha value is -3.50. The summed E-state index contributed by atoms with van der Waals surface area (Å²) in [4.78, 5) is 27.2. The standard InChI is InChI=1S/C16H19NO3.C11H12BrNO2.C5H8O.CH4/c1-11-10-20-14-6-5-12(7-8-16(2,3)19)9-13(14)17(4)15(11)18;1-7-6-15-10-4-3-8(12)5-9(10)13(2)11(7)14;1-4-5(2,3)6;/h5-6,9,11,19H,10H2,1-4H3;3-5,7H,6H2,1-2H3;1,6H,2-3H3;1H4/t11-;7-;;/m00../s1. The second-order valence-corrected chi connectivity index (χ2v) is 11.9. The van der Waals surface area contributed by atoms with E-state index in [2.05, 4.69) is 33.7 Å².